The molecule has 5 nitrogen and oxygen atoms in total. The van der Waals surface area contributed by atoms with Crippen molar-refractivity contribution in [2.24, 2.45) is 5.92 Å². The number of aryl methyl sites for hydroxylation is 1. The molecule has 144 valence electrons. The smallest absolute Gasteiger partial charge is 0.227 e. The summed E-state index contributed by atoms with van der Waals surface area (Å²) in [6.45, 7) is 2.58. The van der Waals surface area contributed by atoms with E-state index in [0.29, 0.717) is 12.2 Å². The molecule has 3 aromatic rings. The van der Waals surface area contributed by atoms with Crippen LogP contribution in [0.15, 0.2) is 41.8 Å². The quantitative estimate of drug-likeness (QED) is 0.685. The van der Waals surface area contributed by atoms with Gasteiger partial charge in [-0.3, -0.25) is 9.59 Å². The van der Waals surface area contributed by atoms with Crippen LogP contribution in [0.5, 0.6) is 0 Å². The minimum Gasteiger partial charge on any atom is -0.351 e. The van der Waals surface area contributed by atoms with Gasteiger partial charge in [-0.15, -0.1) is 22.7 Å². The van der Waals surface area contributed by atoms with E-state index < -0.39 is 11.7 Å². The molecule has 1 atom stereocenters. The molecule has 0 bridgehead atoms. The van der Waals surface area contributed by atoms with Gasteiger partial charge in [0, 0.05) is 23.5 Å². The number of anilines is 1. The molecule has 2 amide bonds. The molecule has 2 aromatic heterocycles. The van der Waals surface area contributed by atoms with E-state index in [1.54, 1.807) is 34.8 Å². The first-order chi connectivity index (χ1) is 13.5. The summed E-state index contributed by atoms with van der Waals surface area (Å²) in [6.07, 6.45) is 0.129. The standard InChI is InChI=1S/C20H18FN3O2S2/c1-12-17(28-20(23-12)16-6-3-7-27-16)10-22-19(26)13-8-18(25)24(11-13)15-5-2-4-14(21)9-15/h2-7,9,13H,8,10-11H2,1H3,(H,22,26). The van der Waals surface area contributed by atoms with Crippen LogP contribution in [0.25, 0.3) is 9.88 Å². The monoisotopic (exact) mass is 415 g/mol. The van der Waals surface area contributed by atoms with Crippen molar-refractivity contribution in [3.05, 3.63) is 58.2 Å². The lowest BCUT2D eigenvalue weighted by Gasteiger charge is -2.16. The van der Waals surface area contributed by atoms with Gasteiger partial charge in [-0.25, -0.2) is 9.37 Å². The van der Waals surface area contributed by atoms with Crippen molar-refractivity contribution in [1.82, 2.24) is 10.3 Å². The number of rotatable bonds is 5. The van der Waals surface area contributed by atoms with Crippen LogP contribution in [-0.4, -0.2) is 23.3 Å². The fourth-order valence-corrected chi connectivity index (χ4v) is 4.99. The number of halogens is 1. The molecule has 1 aliphatic rings. The maximum Gasteiger partial charge on any atom is 0.227 e. The number of thiazole rings is 1. The lowest BCUT2D eigenvalue weighted by Crippen LogP contribution is -2.32. The van der Waals surface area contributed by atoms with E-state index in [-0.39, 0.29) is 24.8 Å². The van der Waals surface area contributed by atoms with E-state index in [9.17, 15) is 14.0 Å². The summed E-state index contributed by atoms with van der Waals surface area (Å²) in [5.41, 5.74) is 1.39. The first-order valence-electron chi connectivity index (χ1n) is 8.85. The fourth-order valence-electron chi connectivity index (χ4n) is 3.19. The van der Waals surface area contributed by atoms with Crippen LogP contribution < -0.4 is 10.2 Å². The Morgan fingerprint density at radius 3 is 2.96 bits per heavy atom. The van der Waals surface area contributed by atoms with E-state index in [0.717, 1.165) is 20.5 Å². The second-order valence-electron chi connectivity index (χ2n) is 6.61. The predicted molar refractivity (Wildman–Crippen MR) is 109 cm³/mol. The van der Waals surface area contributed by atoms with Crippen molar-refractivity contribution in [3.8, 4) is 9.88 Å². The highest BCUT2D eigenvalue weighted by molar-refractivity contribution is 7.21. The third kappa shape index (κ3) is 3.83. The molecule has 1 saturated heterocycles. The van der Waals surface area contributed by atoms with Gasteiger partial charge < -0.3 is 10.2 Å². The molecule has 4 rings (SSSR count). The summed E-state index contributed by atoms with van der Waals surface area (Å²) in [5, 5.41) is 5.88. The number of carbonyl (C=O) groups is 2. The van der Waals surface area contributed by atoms with Crippen LogP contribution in [0, 0.1) is 18.7 Å². The molecule has 28 heavy (non-hydrogen) atoms. The molecule has 1 N–H and O–H groups in total. The van der Waals surface area contributed by atoms with E-state index in [1.165, 1.54) is 17.0 Å². The van der Waals surface area contributed by atoms with Gasteiger partial charge in [-0.1, -0.05) is 12.1 Å². The third-order valence-electron chi connectivity index (χ3n) is 4.66. The van der Waals surface area contributed by atoms with Crippen LogP contribution in [0.3, 0.4) is 0 Å². The fraction of sp³-hybridized carbons (Fsp3) is 0.250. The van der Waals surface area contributed by atoms with Crippen LogP contribution in [-0.2, 0) is 16.1 Å². The second-order valence-corrected chi connectivity index (χ2v) is 8.64. The van der Waals surface area contributed by atoms with Gasteiger partial charge in [-0.2, -0.15) is 0 Å². The van der Waals surface area contributed by atoms with Crippen molar-refractivity contribution in [1.29, 1.82) is 0 Å². The average Bonchev–Trinajstić information content (AvgIpc) is 3.40. The molecule has 0 spiro atoms. The van der Waals surface area contributed by atoms with Crippen molar-refractivity contribution in [3.63, 3.8) is 0 Å². The predicted octanol–water partition coefficient (Wildman–Crippen LogP) is 3.99. The number of nitrogens with one attached hydrogen (secondary N) is 1. The first kappa shape index (κ1) is 18.8. The summed E-state index contributed by atoms with van der Waals surface area (Å²) in [6, 6.07) is 9.88. The molecule has 1 unspecified atom stereocenters. The summed E-state index contributed by atoms with van der Waals surface area (Å²) in [4.78, 5) is 33.0. The molecule has 0 saturated carbocycles. The van der Waals surface area contributed by atoms with Crippen molar-refractivity contribution < 1.29 is 14.0 Å². The zero-order valence-corrected chi connectivity index (χ0v) is 16.8. The Labute approximate surface area is 169 Å². The average molecular weight is 416 g/mol. The van der Waals surface area contributed by atoms with E-state index in [1.807, 2.05) is 24.4 Å². The molecule has 0 radical (unpaired) electrons. The Hall–Kier alpha value is -2.58. The van der Waals surface area contributed by atoms with Crippen molar-refractivity contribution in [2.75, 3.05) is 11.4 Å². The van der Waals surface area contributed by atoms with Crippen LogP contribution in [0.2, 0.25) is 0 Å². The summed E-state index contributed by atoms with van der Waals surface area (Å²) in [5.74, 6) is -1.18. The maximum absolute atomic E-state index is 13.4. The van der Waals surface area contributed by atoms with Crippen LogP contribution in [0.4, 0.5) is 10.1 Å². The van der Waals surface area contributed by atoms with E-state index in [4.69, 9.17) is 0 Å². The summed E-state index contributed by atoms with van der Waals surface area (Å²) in [7, 11) is 0. The zero-order valence-electron chi connectivity index (χ0n) is 15.1. The third-order valence-corrected chi connectivity index (χ3v) is 6.86. The minimum atomic E-state index is -0.444. The number of benzene rings is 1. The van der Waals surface area contributed by atoms with Crippen molar-refractivity contribution in [2.45, 2.75) is 19.9 Å². The number of hydrogen-bond donors (Lipinski definition) is 1. The van der Waals surface area contributed by atoms with Gasteiger partial charge in [0.05, 0.1) is 23.0 Å². The number of carbonyl (C=O) groups excluding carboxylic acids is 2. The topological polar surface area (TPSA) is 62.3 Å². The van der Waals surface area contributed by atoms with Gasteiger partial charge in [0.25, 0.3) is 0 Å². The van der Waals surface area contributed by atoms with Gasteiger partial charge in [0.2, 0.25) is 11.8 Å². The van der Waals surface area contributed by atoms with E-state index >= 15 is 0 Å². The number of aromatic nitrogens is 1. The molecule has 1 fully saturated rings. The van der Waals surface area contributed by atoms with Gasteiger partial charge >= 0.3 is 0 Å². The van der Waals surface area contributed by atoms with Crippen LogP contribution in [0.1, 0.15) is 17.0 Å². The lowest BCUT2D eigenvalue weighted by atomic mass is 10.1. The van der Waals surface area contributed by atoms with Gasteiger partial charge in [-0.05, 0) is 36.6 Å². The Kier molecular flexibility index (Phi) is 5.23. The highest BCUT2D eigenvalue weighted by atomic mass is 32.1. The molecule has 3 heterocycles. The minimum absolute atomic E-state index is 0.129. The molecular formula is C20H18FN3O2S2. The number of thiophene rings is 1. The zero-order chi connectivity index (χ0) is 19.7. The molecule has 8 heteroatoms. The second kappa shape index (κ2) is 7.81. The number of amides is 2. The highest BCUT2D eigenvalue weighted by Crippen LogP contribution is 2.31. The number of hydrogen-bond acceptors (Lipinski definition) is 5. The Morgan fingerprint density at radius 1 is 1.36 bits per heavy atom. The van der Waals surface area contributed by atoms with Crippen molar-refractivity contribution >= 4 is 40.2 Å². The Bertz CT molecular complexity index is 1020. The SMILES string of the molecule is Cc1nc(-c2cccs2)sc1CNC(=O)C1CC(=O)N(c2cccc(F)c2)C1. The maximum atomic E-state index is 13.4. The highest BCUT2D eigenvalue weighted by Gasteiger charge is 2.35. The Morgan fingerprint density at radius 2 is 2.21 bits per heavy atom. The van der Waals surface area contributed by atoms with Gasteiger partial charge in [0.15, 0.2) is 0 Å². The van der Waals surface area contributed by atoms with Gasteiger partial charge in [0.1, 0.15) is 10.8 Å². The first-order valence-corrected chi connectivity index (χ1v) is 10.5. The van der Waals surface area contributed by atoms with Crippen LogP contribution >= 0.6 is 22.7 Å². The summed E-state index contributed by atoms with van der Waals surface area (Å²) >= 11 is 3.20. The normalized spacial score (nSPS) is 16.6. The molecule has 0 aliphatic carbocycles. The van der Waals surface area contributed by atoms with E-state index in [2.05, 4.69) is 10.3 Å². The Balaban J connectivity index is 1.39. The molecule has 1 aliphatic heterocycles. The summed E-state index contributed by atoms with van der Waals surface area (Å²) < 4.78 is 13.4. The lowest BCUT2D eigenvalue weighted by molar-refractivity contribution is -0.126. The number of nitrogens with zero attached hydrogens (tertiary/aromatic N) is 2. The molecule has 1 aromatic carbocycles. The largest absolute Gasteiger partial charge is 0.351 e. The molecular weight excluding hydrogens is 397 g/mol.